The first-order chi connectivity index (χ1) is 5.78. The number of methoxy groups -OCH3 is 1. The lowest BCUT2D eigenvalue weighted by Crippen LogP contribution is -2.23. The number of aliphatic hydroxyl groups excluding tert-OH is 1. The molecule has 0 saturated heterocycles. The highest BCUT2D eigenvalue weighted by molar-refractivity contribution is 4.58. The predicted molar refractivity (Wildman–Crippen MR) is 37.0 cm³/mol. The van der Waals surface area contributed by atoms with E-state index in [-0.39, 0.29) is 11.8 Å². The minimum Gasteiger partial charge on any atom is -0.368 e. The van der Waals surface area contributed by atoms with E-state index in [9.17, 15) is 0 Å². The fourth-order valence-electron chi connectivity index (χ4n) is 0.422. The molecule has 0 fully saturated rings. The van der Waals surface area contributed by atoms with Crippen LogP contribution in [0.5, 0.6) is 0 Å². The van der Waals surface area contributed by atoms with E-state index in [0.29, 0.717) is 0 Å². The van der Waals surface area contributed by atoms with Gasteiger partial charge in [0.05, 0.1) is 4.11 Å². The highest BCUT2D eigenvalue weighted by Gasteiger charge is 2.15. The minimum atomic E-state index is -2.51. The molecule has 9 heavy (non-hydrogen) atoms. The van der Waals surface area contributed by atoms with E-state index >= 15 is 0 Å². The highest BCUT2D eigenvalue weighted by Crippen LogP contribution is 2.13. The first-order valence-corrected chi connectivity index (χ1v) is 3.07. The highest BCUT2D eigenvalue weighted by atomic mass is 16.6. The SMILES string of the molecule is [2H]OC(OC([2H])([2H])[2H])C(C)C(C)C. The van der Waals surface area contributed by atoms with Crippen LogP contribution in [0.3, 0.4) is 0 Å². The standard InChI is InChI=1S/C7H16O2/c1-5(2)6(3)7(8)9-4/h5-8H,1-4H3/i4D3,8D. The van der Waals surface area contributed by atoms with Crippen molar-refractivity contribution in [3.63, 3.8) is 0 Å². The molecule has 0 spiro atoms. The maximum atomic E-state index is 6.85. The molecule has 0 aliphatic carbocycles. The Kier molecular flexibility index (Phi) is 1.69. The molecule has 0 heterocycles. The van der Waals surface area contributed by atoms with Crippen LogP contribution >= 0.6 is 0 Å². The molecule has 2 atom stereocenters. The first-order valence-electron chi connectivity index (χ1n) is 4.98. The summed E-state index contributed by atoms with van der Waals surface area (Å²) >= 11 is 0. The Balaban J connectivity index is 4.18. The normalized spacial score (nSPS) is 25.8. The summed E-state index contributed by atoms with van der Waals surface area (Å²) in [6.07, 6.45) is -0.993. The molecule has 2 nitrogen and oxygen atoms in total. The van der Waals surface area contributed by atoms with Gasteiger partial charge in [0, 0.05) is 13.0 Å². The topological polar surface area (TPSA) is 29.5 Å². The molecule has 0 aliphatic rings. The second-order valence-electron chi connectivity index (χ2n) is 2.59. The average molecular weight is 136 g/mol. The zero-order chi connectivity index (χ0) is 10.6. The van der Waals surface area contributed by atoms with Crippen LogP contribution in [-0.2, 0) is 4.74 Å². The van der Waals surface area contributed by atoms with Crippen molar-refractivity contribution in [2.45, 2.75) is 27.1 Å². The quantitative estimate of drug-likeness (QED) is 0.589. The lowest BCUT2D eigenvalue weighted by Gasteiger charge is -2.20. The zero-order valence-corrected chi connectivity index (χ0v) is 6.05. The Morgan fingerprint density at radius 2 is 2.22 bits per heavy atom. The van der Waals surface area contributed by atoms with Gasteiger partial charge in [0.15, 0.2) is 6.29 Å². The fourth-order valence-corrected chi connectivity index (χ4v) is 0.422. The maximum absolute atomic E-state index is 6.85. The van der Waals surface area contributed by atoms with Crippen molar-refractivity contribution >= 4 is 0 Å². The Morgan fingerprint density at radius 3 is 2.56 bits per heavy atom. The van der Waals surface area contributed by atoms with E-state index in [0.717, 1.165) is 0 Å². The van der Waals surface area contributed by atoms with Gasteiger partial charge in [0.1, 0.15) is 0 Å². The minimum absolute atomic E-state index is 0.127. The van der Waals surface area contributed by atoms with Crippen molar-refractivity contribution in [3.05, 3.63) is 0 Å². The summed E-state index contributed by atoms with van der Waals surface area (Å²) in [4.78, 5) is 0. The summed E-state index contributed by atoms with van der Waals surface area (Å²) in [5.41, 5.74) is 0. The van der Waals surface area contributed by atoms with Crippen LogP contribution in [0.1, 0.15) is 24.9 Å². The molecule has 56 valence electrons. The van der Waals surface area contributed by atoms with Crippen molar-refractivity contribution in [3.8, 4) is 0 Å². The van der Waals surface area contributed by atoms with E-state index < -0.39 is 13.3 Å². The average Bonchev–Trinajstić information content (AvgIpc) is 1.97. The first kappa shape index (κ1) is 3.94. The maximum Gasteiger partial charge on any atom is 0.213 e. The summed E-state index contributed by atoms with van der Waals surface area (Å²) in [5.74, 6) is 0.0793. The largest absolute Gasteiger partial charge is 0.368 e. The summed E-state index contributed by atoms with van der Waals surface area (Å²) in [6.45, 7) is 5.62. The molecule has 0 radical (unpaired) electrons. The number of aliphatic hydroxyl groups is 1. The third kappa shape index (κ3) is 2.82. The number of rotatable bonds is 4. The molecule has 2 unspecified atom stereocenters. The molecular weight excluding hydrogens is 116 g/mol. The van der Waals surface area contributed by atoms with Crippen molar-refractivity contribution < 1.29 is 14.0 Å². The Morgan fingerprint density at radius 1 is 1.56 bits per heavy atom. The van der Waals surface area contributed by atoms with Gasteiger partial charge in [-0.2, -0.15) is 0 Å². The molecule has 0 aromatic heterocycles. The van der Waals surface area contributed by atoms with Gasteiger partial charge < -0.3 is 9.85 Å². The Labute approximate surface area is 62.5 Å². The molecular formula is C7H16O2. The fraction of sp³-hybridized carbons (Fsp3) is 1.00. The van der Waals surface area contributed by atoms with Crippen LogP contribution in [0.15, 0.2) is 0 Å². The molecule has 0 aliphatic heterocycles. The van der Waals surface area contributed by atoms with Gasteiger partial charge in [0.25, 0.3) is 0 Å². The molecule has 1 N–H and O–H groups in total. The summed E-state index contributed by atoms with van der Waals surface area (Å²) < 4.78 is 31.8. The molecule has 0 amide bonds. The smallest absolute Gasteiger partial charge is 0.213 e. The third-order valence-corrected chi connectivity index (χ3v) is 1.60. The molecule has 0 bridgehead atoms. The van der Waals surface area contributed by atoms with Gasteiger partial charge in [0.2, 0.25) is 1.43 Å². The van der Waals surface area contributed by atoms with E-state index in [2.05, 4.69) is 9.85 Å². The van der Waals surface area contributed by atoms with Gasteiger partial charge in [-0.15, -0.1) is 0 Å². The van der Waals surface area contributed by atoms with E-state index in [4.69, 9.17) is 5.54 Å². The second kappa shape index (κ2) is 3.85. The van der Waals surface area contributed by atoms with Gasteiger partial charge in [-0.25, -0.2) is 0 Å². The monoisotopic (exact) mass is 136 g/mol. The zero-order valence-electron chi connectivity index (χ0n) is 10.0. The summed E-state index contributed by atoms with van der Waals surface area (Å²) in [5, 5.41) is 4.22. The van der Waals surface area contributed by atoms with Crippen molar-refractivity contribution in [1.29, 1.82) is 1.43 Å². The van der Waals surface area contributed by atoms with Crippen LogP contribution in [0.25, 0.3) is 0 Å². The van der Waals surface area contributed by atoms with Crippen molar-refractivity contribution in [1.82, 2.24) is 0 Å². The van der Waals surface area contributed by atoms with Crippen molar-refractivity contribution in [2.75, 3.05) is 7.04 Å². The lowest BCUT2D eigenvalue weighted by molar-refractivity contribution is -0.118. The Hall–Kier alpha value is -0.0800. The van der Waals surface area contributed by atoms with Gasteiger partial charge in [-0.1, -0.05) is 20.8 Å². The molecule has 2 heteroatoms. The van der Waals surface area contributed by atoms with E-state index in [1.807, 2.05) is 13.8 Å². The second-order valence-corrected chi connectivity index (χ2v) is 2.59. The van der Waals surface area contributed by atoms with Gasteiger partial charge in [-0.05, 0) is 5.92 Å². The number of ether oxygens (including phenoxy) is 1. The Bertz CT molecular complexity index is 146. The van der Waals surface area contributed by atoms with Crippen LogP contribution in [0.2, 0.25) is 0 Å². The third-order valence-electron chi connectivity index (χ3n) is 1.60. The van der Waals surface area contributed by atoms with E-state index in [1.54, 1.807) is 6.92 Å². The number of hydrogen-bond acceptors (Lipinski definition) is 2. The molecule has 0 rings (SSSR count). The molecule has 0 aromatic rings. The van der Waals surface area contributed by atoms with Crippen LogP contribution in [-0.4, -0.2) is 19.9 Å². The van der Waals surface area contributed by atoms with Crippen molar-refractivity contribution in [2.24, 2.45) is 11.8 Å². The lowest BCUT2D eigenvalue weighted by atomic mass is 9.98. The predicted octanol–water partition coefficient (Wildman–Crippen LogP) is 1.24. The van der Waals surface area contributed by atoms with E-state index in [1.165, 1.54) is 0 Å². The van der Waals surface area contributed by atoms with Crippen LogP contribution in [0.4, 0.5) is 0 Å². The van der Waals surface area contributed by atoms with Crippen LogP contribution in [0, 0.1) is 11.8 Å². The van der Waals surface area contributed by atoms with Gasteiger partial charge >= 0.3 is 0 Å². The molecule has 0 aromatic carbocycles. The summed E-state index contributed by atoms with van der Waals surface area (Å²) in [6, 6.07) is 0. The molecule has 0 saturated carbocycles. The number of hydrogen-bond donors (Lipinski definition) is 1. The summed E-state index contributed by atoms with van der Waals surface area (Å²) in [7, 11) is -2.51. The van der Waals surface area contributed by atoms with Crippen LogP contribution < -0.4 is 0 Å². The van der Waals surface area contributed by atoms with Gasteiger partial charge in [-0.3, -0.25) is 0 Å².